The second-order valence-electron chi connectivity index (χ2n) is 18.3. The van der Waals surface area contributed by atoms with Crippen LogP contribution in [0.15, 0.2) is 84.9 Å². The molecule has 376 valence electrons. The Hall–Kier alpha value is -2.59. The van der Waals surface area contributed by atoms with Gasteiger partial charge in [-0.3, -0.25) is 4.52 Å². The van der Waals surface area contributed by atoms with Gasteiger partial charge in [0.15, 0.2) is 14.6 Å². The highest BCUT2D eigenvalue weighted by molar-refractivity contribution is 7.49. The first-order valence-corrected chi connectivity index (χ1v) is 28.9. The SMILES string of the molecule is CCCCCCCCCCC[C@H](CCO[C@@H]1[C@@H](NC(=O)OCC(Cl)(Cl)Cl)[C@@H](O)O[C@H](CO[Si](C)(C)C(C)(C)C)[C@H]1OP(=O)(Oc1ccccc1)Oc1ccccc1)OCc1ccc(OC)cc1. The summed E-state index contributed by atoms with van der Waals surface area (Å²) >= 11 is 17.7. The lowest BCUT2D eigenvalue weighted by atomic mass is 9.96. The van der Waals surface area contributed by atoms with E-state index in [0.717, 1.165) is 37.0 Å². The summed E-state index contributed by atoms with van der Waals surface area (Å²) in [5, 5.41) is 14.2. The molecule has 1 fully saturated rings. The minimum absolute atomic E-state index is 0.0581. The molecule has 67 heavy (non-hydrogen) atoms. The molecule has 1 saturated heterocycles. The standard InChI is InChI=1S/C49H73Cl3NO12PSi/c1-8-9-10-11-12-13-14-15-18-23-39(59-34-37-28-30-38(57-5)31-29-37)32-33-58-45-43(53-47(55)60-36-49(50,51)52)46(54)62-42(35-61-67(6,7)48(2,3)4)44(45)65-66(56,63-40-24-19-16-20-25-40)64-41-26-21-17-22-27-41/h16-17,19-22,24-31,39,42-46,54H,8-15,18,23,32-36H2,1-7H3,(H,53,55)/t39-,42-,43-,44-,45-,46+/m1/s1. The van der Waals surface area contributed by atoms with Crippen LogP contribution >= 0.6 is 42.6 Å². The number of hydrogen-bond acceptors (Lipinski definition) is 12. The van der Waals surface area contributed by atoms with Gasteiger partial charge in [0.2, 0.25) is 3.79 Å². The molecule has 4 rings (SSSR count). The molecular formula is C49H73Cl3NO12PSi. The average molecular weight is 1030 g/mol. The van der Waals surface area contributed by atoms with Gasteiger partial charge in [0.05, 0.1) is 26.4 Å². The van der Waals surface area contributed by atoms with E-state index in [1.165, 1.54) is 38.5 Å². The number of benzene rings is 3. The van der Waals surface area contributed by atoms with Gasteiger partial charge in [0.1, 0.15) is 48.2 Å². The number of alkyl halides is 3. The largest absolute Gasteiger partial charge is 0.588 e. The van der Waals surface area contributed by atoms with E-state index in [0.29, 0.717) is 13.0 Å². The molecule has 0 unspecified atom stereocenters. The smallest absolute Gasteiger partial charge is 0.497 e. The number of ether oxygens (including phenoxy) is 5. The fourth-order valence-corrected chi connectivity index (χ4v) is 9.68. The molecule has 1 aliphatic rings. The number of unbranched alkanes of at least 4 members (excludes halogenated alkanes) is 8. The molecule has 3 aromatic rings. The van der Waals surface area contributed by atoms with Crippen LogP contribution in [0.3, 0.4) is 0 Å². The van der Waals surface area contributed by atoms with Crippen LogP contribution in [-0.4, -0.2) is 87.0 Å². The Morgan fingerprint density at radius 2 is 1.37 bits per heavy atom. The normalized spacial score (nSPS) is 19.7. The summed E-state index contributed by atoms with van der Waals surface area (Å²) in [6, 6.07) is 23.2. The van der Waals surface area contributed by atoms with Crippen molar-refractivity contribution in [2.24, 2.45) is 0 Å². The van der Waals surface area contributed by atoms with E-state index in [4.69, 9.17) is 76.5 Å². The highest BCUT2D eigenvalue weighted by atomic mass is 35.6. The van der Waals surface area contributed by atoms with E-state index >= 15 is 4.57 Å². The number of amides is 1. The van der Waals surface area contributed by atoms with Crippen molar-refractivity contribution in [2.45, 2.75) is 164 Å². The maximum Gasteiger partial charge on any atom is 0.588 e. The predicted molar refractivity (Wildman–Crippen MR) is 267 cm³/mol. The van der Waals surface area contributed by atoms with Crippen LogP contribution in [0.1, 0.15) is 104 Å². The number of halogens is 3. The summed E-state index contributed by atoms with van der Waals surface area (Å²) in [4.78, 5) is 13.4. The first-order chi connectivity index (χ1) is 31.8. The van der Waals surface area contributed by atoms with E-state index in [1.54, 1.807) is 67.8 Å². The maximum atomic E-state index is 15.1. The molecular weight excluding hydrogens is 960 g/mol. The zero-order valence-corrected chi connectivity index (χ0v) is 44.3. The van der Waals surface area contributed by atoms with E-state index < -0.39 is 63.3 Å². The van der Waals surface area contributed by atoms with Crippen LogP contribution < -0.4 is 19.1 Å². The van der Waals surface area contributed by atoms with Crippen molar-refractivity contribution < 1.29 is 56.1 Å². The Morgan fingerprint density at radius 1 is 0.806 bits per heavy atom. The highest BCUT2D eigenvalue weighted by Crippen LogP contribution is 2.52. The molecule has 6 atom stereocenters. The molecule has 0 spiro atoms. The zero-order chi connectivity index (χ0) is 48.9. The van der Waals surface area contributed by atoms with Gasteiger partial charge in [0, 0.05) is 6.61 Å². The molecule has 0 aromatic heterocycles. The quantitative estimate of drug-likeness (QED) is 0.0295. The van der Waals surface area contributed by atoms with Gasteiger partial charge in [-0.05, 0) is 72.9 Å². The summed E-state index contributed by atoms with van der Waals surface area (Å²) in [7, 11) is -5.51. The third kappa shape index (κ3) is 20.7. The number of para-hydroxylation sites is 2. The molecule has 0 saturated carbocycles. The number of phosphoric acid groups is 1. The van der Waals surface area contributed by atoms with Crippen LogP contribution in [0.2, 0.25) is 18.1 Å². The van der Waals surface area contributed by atoms with Crippen molar-refractivity contribution in [1.29, 1.82) is 0 Å². The zero-order valence-electron chi connectivity index (χ0n) is 40.2. The van der Waals surface area contributed by atoms with Crippen molar-refractivity contribution in [3.8, 4) is 17.2 Å². The Kier molecular flexibility index (Phi) is 24.1. The van der Waals surface area contributed by atoms with E-state index in [1.807, 2.05) is 24.3 Å². The lowest BCUT2D eigenvalue weighted by Crippen LogP contribution is -2.66. The average Bonchev–Trinajstić information content (AvgIpc) is 3.28. The second kappa shape index (κ2) is 28.3. The number of rotatable bonds is 29. The number of methoxy groups -OCH3 is 1. The van der Waals surface area contributed by atoms with Crippen molar-refractivity contribution in [3.05, 3.63) is 90.5 Å². The molecule has 1 amide bonds. The Morgan fingerprint density at radius 3 is 1.91 bits per heavy atom. The number of alkyl carbamates (subject to hydrolysis) is 1. The van der Waals surface area contributed by atoms with Gasteiger partial charge in [-0.15, -0.1) is 0 Å². The van der Waals surface area contributed by atoms with Gasteiger partial charge in [0.25, 0.3) is 0 Å². The summed E-state index contributed by atoms with van der Waals surface area (Å²) in [6.07, 6.45) is 5.08. The molecule has 0 radical (unpaired) electrons. The molecule has 1 heterocycles. The summed E-state index contributed by atoms with van der Waals surface area (Å²) in [5.74, 6) is 1.14. The van der Waals surface area contributed by atoms with Crippen LogP contribution in [0.5, 0.6) is 17.2 Å². The predicted octanol–water partition coefficient (Wildman–Crippen LogP) is 13.1. The molecule has 2 N–H and O–H groups in total. The maximum absolute atomic E-state index is 15.1. The number of carbonyl (C=O) groups excluding carboxylic acids is 1. The summed E-state index contributed by atoms with van der Waals surface area (Å²) < 4.78 is 68.6. The monoisotopic (exact) mass is 1030 g/mol. The van der Waals surface area contributed by atoms with Crippen molar-refractivity contribution >= 4 is 57.0 Å². The molecule has 18 heteroatoms. The third-order valence-electron chi connectivity index (χ3n) is 11.9. The van der Waals surface area contributed by atoms with Crippen molar-refractivity contribution in [1.82, 2.24) is 5.32 Å². The minimum atomic E-state index is -4.67. The summed E-state index contributed by atoms with van der Waals surface area (Å²) in [5.41, 5.74) is 0.981. The van der Waals surface area contributed by atoms with Gasteiger partial charge in [-0.25, -0.2) is 9.36 Å². The number of aliphatic hydroxyl groups excluding tert-OH is 1. The fraction of sp³-hybridized carbons (Fsp3) is 0.612. The number of aliphatic hydroxyl groups is 1. The van der Waals surface area contributed by atoms with Crippen LogP contribution in [0.4, 0.5) is 4.79 Å². The van der Waals surface area contributed by atoms with Gasteiger partial charge >= 0.3 is 13.9 Å². The van der Waals surface area contributed by atoms with E-state index in [9.17, 15) is 9.90 Å². The first-order valence-electron chi connectivity index (χ1n) is 23.4. The lowest BCUT2D eigenvalue weighted by Gasteiger charge is -2.46. The van der Waals surface area contributed by atoms with Crippen LogP contribution in [0, 0.1) is 0 Å². The van der Waals surface area contributed by atoms with Gasteiger partial charge in [-0.2, -0.15) is 0 Å². The fourth-order valence-electron chi connectivity index (χ4n) is 7.06. The lowest BCUT2D eigenvalue weighted by molar-refractivity contribution is -0.257. The van der Waals surface area contributed by atoms with E-state index in [-0.39, 0.29) is 35.9 Å². The topological polar surface area (TPSA) is 149 Å². The molecule has 13 nitrogen and oxygen atoms in total. The van der Waals surface area contributed by atoms with Gasteiger partial charge < -0.3 is 47.6 Å². The Bertz CT molecular complexity index is 1850. The summed E-state index contributed by atoms with van der Waals surface area (Å²) in [6.45, 7) is 12.4. The van der Waals surface area contributed by atoms with Crippen molar-refractivity contribution in [2.75, 3.05) is 26.9 Å². The Balaban J connectivity index is 1.68. The van der Waals surface area contributed by atoms with Gasteiger partial charge in [-0.1, -0.05) is 169 Å². The molecule has 0 bridgehead atoms. The number of phosphoric ester groups is 1. The van der Waals surface area contributed by atoms with E-state index in [2.05, 4.69) is 46.1 Å². The highest BCUT2D eigenvalue weighted by Gasteiger charge is 2.53. The van der Waals surface area contributed by atoms with Crippen LogP contribution in [-0.2, 0) is 39.1 Å². The number of hydrogen-bond donors (Lipinski definition) is 2. The molecule has 1 aliphatic heterocycles. The van der Waals surface area contributed by atoms with Crippen molar-refractivity contribution in [3.63, 3.8) is 0 Å². The first kappa shape index (κ1) is 57.0. The minimum Gasteiger partial charge on any atom is -0.497 e. The second-order valence-corrected chi connectivity index (χ2v) is 27.1. The molecule has 0 aliphatic carbocycles. The third-order valence-corrected chi connectivity index (χ3v) is 18.1. The van der Waals surface area contributed by atoms with Crippen LogP contribution in [0.25, 0.3) is 0 Å². The number of carbonyl (C=O) groups is 1. The molecule has 3 aromatic carbocycles. The Labute approximate surface area is 414 Å². The number of nitrogens with one attached hydrogen (secondary N) is 1.